The topological polar surface area (TPSA) is 118 Å². The molecule has 6 nitrogen and oxygen atoms in total. The summed E-state index contributed by atoms with van der Waals surface area (Å²) in [5.74, 6) is 0.0988. The molecule has 0 unspecified atom stereocenters. The highest BCUT2D eigenvalue weighted by molar-refractivity contribution is 7.99. The van der Waals surface area contributed by atoms with Crippen molar-refractivity contribution in [2.75, 3.05) is 18.0 Å². The van der Waals surface area contributed by atoms with Crippen molar-refractivity contribution in [3.05, 3.63) is 10.4 Å². The second kappa shape index (κ2) is 4.15. The molecule has 0 amide bonds. The van der Waals surface area contributed by atoms with Gasteiger partial charge in [-0.15, -0.1) is 11.8 Å². The first kappa shape index (κ1) is 9.87. The molecule has 72 valence electrons. The van der Waals surface area contributed by atoms with E-state index in [1.165, 1.54) is 0 Å². The third-order valence-corrected chi connectivity index (χ3v) is 2.34. The van der Waals surface area contributed by atoms with Gasteiger partial charge in [0.25, 0.3) is 5.56 Å². The Hall–Kier alpha value is -1.21. The maximum Gasteiger partial charge on any atom is 0.269 e. The van der Waals surface area contributed by atoms with Crippen molar-refractivity contribution >= 4 is 17.7 Å². The average Bonchev–Trinajstić information content (AvgIpc) is 2.02. The van der Waals surface area contributed by atoms with Gasteiger partial charge in [-0.3, -0.25) is 9.78 Å². The van der Waals surface area contributed by atoms with Crippen LogP contribution in [0, 0.1) is 0 Å². The predicted octanol–water partition coefficient (Wildman–Crippen LogP) is -0.892. The van der Waals surface area contributed by atoms with Crippen LogP contribution in [-0.2, 0) is 0 Å². The summed E-state index contributed by atoms with van der Waals surface area (Å²) in [4.78, 5) is 17.1. The van der Waals surface area contributed by atoms with Gasteiger partial charge in [-0.25, -0.2) is 0 Å². The van der Waals surface area contributed by atoms with Crippen molar-refractivity contribution in [1.82, 2.24) is 9.97 Å². The summed E-state index contributed by atoms with van der Waals surface area (Å²) < 4.78 is 0. The van der Waals surface area contributed by atoms with Crippen molar-refractivity contribution in [2.45, 2.75) is 4.90 Å². The minimum absolute atomic E-state index is 0.0976. The molecule has 0 atom stereocenters. The van der Waals surface area contributed by atoms with E-state index in [0.717, 1.165) is 11.8 Å². The Labute approximate surface area is 78.4 Å². The largest absolute Gasteiger partial charge is 0.492 e. The lowest BCUT2D eigenvalue weighted by Crippen LogP contribution is -2.14. The fourth-order valence-corrected chi connectivity index (χ4v) is 1.44. The molecule has 6 N–H and O–H groups in total. The van der Waals surface area contributed by atoms with Crippen LogP contribution in [0.15, 0.2) is 9.69 Å². The normalized spacial score (nSPS) is 10.2. The summed E-state index contributed by atoms with van der Waals surface area (Å²) in [5, 5.41) is 9.23. The Kier molecular flexibility index (Phi) is 3.15. The van der Waals surface area contributed by atoms with E-state index in [2.05, 4.69) is 9.97 Å². The van der Waals surface area contributed by atoms with Crippen LogP contribution in [0.5, 0.6) is 5.88 Å². The van der Waals surface area contributed by atoms with E-state index < -0.39 is 5.56 Å². The molecule has 1 aromatic heterocycles. The summed E-state index contributed by atoms with van der Waals surface area (Å²) >= 11 is 1.15. The van der Waals surface area contributed by atoms with Gasteiger partial charge in [0.05, 0.1) is 0 Å². The predicted molar refractivity (Wildman–Crippen MR) is 50.7 cm³/mol. The van der Waals surface area contributed by atoms with Crippen molar-refractivity contribution in [3.63, 3.8) is 0 Å². The molecule has 0 saturated heterocycles. The number of aromatic nitrogens is 2. The molecule has 0 aliphatic carbocycles. The lowest BCUT2D eigenvalue weighted by molar-refractivity contribution is 0.437. The van der Waals surface area contributed by atoms with Crippen molar-refractivity contribution in [1.29, 1.82) is 0 Å². The number of rotatable bonds is 3. The zero-order valence-corrected chi connectivity index (χ0v) is 7.60. The molecule has 1 aromatic rings. The van der Waals surface area contributed by atoms with Gasteiger partial charge in [-0.2, -0.15) is 4.98 Å². The maximum absolute atomic E-state index is 11.2. The van der Waals surface area contributed by atoms with E-state index >= 15 is 0 Å². The van der Waals surface area contributed by atoms with Crippen molar-refractivity contribution < 1.29 is 5.11 Å². The molecule has 0 saturated carbocycles. The van der Waals surface area contributed by atoms with Crippen LogP contribution in [0.25, 0.3) is 0 Å². The summed E-state index contributed by atoms with van der Waals surface area (Å²) in [7, 11) is 0. The number of aromatic amines is 1. The second-order valence-corrected chi connectivity index (χ2v) is 3.35. The van der Waals surface area contributed by atoms with Crippen LogP contribution in [0.2, 0.25) is 0 Å². The molecular weight excluding hydrogens is 192 g/mol. The first-order chi connectivity index (χ1) is 6.15. The Bertz CT molecular complexity index is 351. The molecule has 7 heteroatoms. The highest BCUT2D eigenvalue weighted by atomic mass is 32.2. The summed E-state index contributed by atoms with van der Waals surface area (Å²) in [6, 6.07) is 0. The highest BCUT2D eigenvalue weighted by Crippen LogP contribution is 2.21. The number of anilines is 1. The minimum Gasteiger partial charge on any atom is -0.492 e. The van der Waals surface area contributed by atoms with Gasteiger partial charge in [0.2, 0.25) is 11.8 Å². The Balaban J connectivity index is 2.99. The van der Waals surface area contributed by atoms with Gasteiger partial charge in [0, 0.05) is 12.3 Å². The zero-order valence-electron chi connectivity index (χ0n) is 6.78. The fraction of sp³-hybridized carbons (Fsp3) is 0.333. The summed E-state index contributed by atoms with van der Waals surface area (Å²) in [5.41, 5.74) is 10.0. The van der Waals surface area contributed by atoms with E-state index in [1.807, 2.05) is 0 Å². The van der Waals surface area contributed by atoms with Gasteiger partial charge in [0.1, 0.15) is 4.90 Å². The van der Waals surface area contributed by atoms with E-state index in [9.17, 15) is 9.90 Å². The number of nitrogens with zero attached hydrogens (tertiary/aromatic N) is 1. The van der Waals surface area contributed by atoms with Crippen LogP contribution >= 0.6 is 11.8 Å². The number of nitrogen functional groups attached to an aromatic ring is 1. The molecule has 0 fully saturated rings. The second-order valence-electron chi connectivity index (χ2n) is 2.24. The average molecular weight is 202 g/mol. The van der Waals surface area contributed by atoms with Crippen LogP contribution in [0.4, 0.5) is 5.95 Å². The summed E-state index contributed by atoms with van der Waals surface area (Å²) in [6.45, 7) is 0.425. The molecule has 0 aliphatic heterocycles. The SMILES string of the molecule is NCCSc1c(O)nc(N)[nH]c1=O. The molecule has 1 heterocycles. The van der Waals surface area contributed by atoms with Crippen molar-refractivity contribution in [3.8, 4) is 5.88 Å². The standard InChI is InChI=1S/C6H10N4O2S/c7-1-2-13-3-4(11)9-6(8)10-5(3)12/h1-2,7H2,(H4,8,9,10,11,12). The number of nitrogens with one attached hydrogen (secondary N) is 1. The van der Waals surface area contributed by atoms with E-state index in [4.69, 9.17) is 11.5 Å². The Morgan fingerprint density at radius 3 is 2.85 bits per heavy atom. The van der Waals surface area contributed by atoms with E-state index in [1.54, 1.807) is 0 Å². The first-order valence-corrected chi connectivity index (χ1v) is 4.55. The quantitative estimate of drug-likeness (QED) is 0.472. The van der Waals surface area contributed by atoms with Gasteiger partial charge in [-0.1, -0.05) is 0 Å². The van der Waals surface area contributed by atoms with Gasteiger partial charge in [-0.05, 0) is 0 Å². The lowest BCUT2D eigenvalue weighted by Gasteiger charge is -2.01. The van der Waals surface area contributed by atoms with Gasteiger partial charge < -0.3 is 16.6 Å². The Morgan fingerprint density at radius 1 is 1.62 bits per heavy atom. The zero-order chi connectivity index (χ0) is 9.84. The Morgan fingerprint density at radius 2 is 2.31 bits per heavy atom. The monoisotopic (exact) mass is 202 g/mol. The molecule has 0 spiro atoms. The third kappa shape index (κ3) is 2.36. The number of nitrogens with two attached hydrogens (primary N) is 2. The number of thioether (sulfide) groups is 1. The van der Waals surface area contributed by atoms with Crippen LogP contribution in [0.1, 0.15) is 0 Å². The first-order valence-electron chi connectivity index (χ1n) is 3.56. The van der Waals surface area contributed by atoms with E-state index in [0.29, 0.717) is 12.3 Å². The van der Waals surface area contributed by atoms with Crippen molar-refractivity contribution in [2.24, 2.45) is 5.73 Å². The van der Waals surface area contributed by atoms with Gasteiger partial charge in [0.15, 0.2) is 0 Å². The number of H-pyrrole nitrogens is 1. The fourth-order valence-electron chi connectivity index (χ4n) is 0.759. The molecule has 1 rings (SSSR count). The molecule has 0 radical (unpaired) electrons. The number of aromatic hydroxyl groups is 1. The van der Waals surface area contributed by atoms with Crippen LogP contribution in [0.3, 0.4) is 0 Å². The molecule has 13 heavy (non-hydrogen) atoms. The van der Waals surface area contributed by atoms with E-state index in [-0.39, 0.29) is 16.7 Å². The lowest BCUT2D eigenvalue weighted by atomic mass is 10.6. The minimum atomic E-state index is -0.441. The number of hydrogen-bond acceptors (Lipinski definition) is 6. The molecular formula is C6H10N4O2S. The smallest absolute Gasteiger partial charge is 0.269 e. The number of hydrogen-bond donors (Lipinski definition) is 4. The maximum atomic E-state index is 11.2. The highest BCUT2D eigenvalue weighted by Gasteiger charge is 2.08. The molecule has 0 aliphatic rings. The van der Waals surface area contributed by atoms with Crippen LogP contribution < -0.4 is 17.0 Å². The van der Waals surface area contributed by atoms with Crippen LogP contribution in [-0.4, -0.2) is 27.4 Å². The third-order valence-electron chi connectivity index (χ3n) is 1.24. The molecule has 0 bridgehead atoms. The summed E-state index contributed by atoms with van der Waals surface area (Å²) in [6.07, 6.45) is 0. The van der Waals surface area contributed by atoms with Gasteiger partial charge >= 0.3 is 0 Å². The molecule has 0 aromatic carbocycles.